The molecule has 2 N–H and O–H groups in total. The zero-order valence-corrected chi connectivity index (χ0v) is 15.2. The van der Waals surface area contributed by atoms with Gasteiger partial charge in [0, 0.05) is 24.2 Å². The van der Waals surface area contributed by atoms with E-state index in [1.54, 1.807) is 6.20 Å². The molecule has 0 aliphatic carbocycles. The van der Waals surface area contributed by atoms with E-state index in [4.69, 9.17) is 0 Å². The molecule has 0 unspecified atom stereocenters. The molecule has 0 spiro atoms. The van der Waals surface area contributed by atoms with Gasteiger partial charge in [0.1, 0.15) is 17.5 Å². The number of anilines is 3. The van der Waals surface area contributed by atoms with E-state index in [0.717, 1.165) is 47.0 Å². The van der Waals surface area contributed by atoms with Crippen LogP contribution in [0.15, 0.2) is 72.9 Å². The molecule has 2 aromatic heterocycles. The summed E-state index contributed by atoms with van der Waals surface area (Å²) in [5.74, 6) is 2.28. The van der Waals surface area contributed by atoms with Crippen molar-refractivity contribution in [2.75, 3.05) is 17.2 Å². The maximum Gasteiger partial charge on any atom is 0.136 e. The Balaban J connectivity index is 1.50. The van der Waals surface area contributed by atoms with Crippen LogP contribution in [0.25, 0.3) is 10.9 Å². The molecule has 0 fully saturated rings. The van der Waals surface area contributed by atoms with Gasteiger partial charge in [0.15, 0.2) is 0 Å². The number of para-hydroxylation sites is 1. The van der Waals surface area contributed by atoms with E-state index < -0.39 is 0 Å². The van der Waals surface area contributed by atoms with Crippen LogP contribution in [0.2, 0.25) is 0 Å². The van der Waals surface area contributed by atoms with Crippen LogP contribution < -0.4 is 10.6 Å². The van der Waals surface area contributed by atoms with E-state index in [1.807, 2.05) is 37.3 Å². The molecule has 0 aliphatic rings. The molecule has 0 atom stereocenters. The molecule has 0 radical (unpaired) electrons. The summed E-state index contributed by atoms with van der Waals surface area (Å²) in [6, 6.07) is 22.4. The van der Waals surface area contributed by atoms with Gasteiger partial charge in [-0.2, -0.15) is 0 Å². The van der Waals surface area contributed by atoms with Crippen LogP contribution in [0, 0.1) is 6.92 Å². The van der Waals surface area contributed by atoms with E-state index >= 15 is 0 Å². The van der Waals surface area contributed by atoms with Gasteiger partial charge in [0.2, 0.25) is 0 Å². The van der Waals surface area contributed by atoms with Crippen LogP contribution in [0.3, 0.4) is 0 Å². The number of rotatable bonds is 6. The Morgan fingerprint density at radius 2 is 1.67 bits per heavy atom. The highest BCUT2D eigenvalue weighted by Crippen LogP contribution is 2.24. The van der Waals surface area contributed by atoms with Gasteiger partial charge in [-0.1, -0.05) is 48.5 Å². The van der Waals surface area contributed by atoms with Gasteiger partial charge in [-0.15, -0.1) is 0 Å². The Morgan fingerprint density at radius 3 is 2.56 bits per heavy atom. The van der Waals surface area contributed by atoms with Crippen molar-refractivity contribution in [2.24, 2.45) is 0 Å². The Morgan fingerprint density at radius 1 is 0.852 bits per heavy atom. The lowest BCUT2D eigenvalue weighted by molar-refractivity contribution is 0.983. The average molecular weight is 355 g/mol. The summed E-state index contributed by atoms with van der Waals surface area (Å²) >= 11 is 0. The Bertz CT molecular complexity index is 1040. The highest BCUT2D eigenvalue weighted by atomic mass is 15.1. The molecule has 5 heteroatoms. The summed E-state index contributed by atoms with van der Waals surface area (Å²) in [5, 5.41) is 7.87. The third-order valence-electron chi connectivity index (χ3n) is 4.30. The number of aromatic nitrogens is 3. The molecule has 5 nitrogen and oxygen atoms in total. The summed E-state index contributed by atoms with van der Waals surface area (Å²) in [6.07, 6.45) is 2.75. The van der Waals surface area contributed by atoms with Crippen molar-refractivity contribution in [3.63, 3.8) is 0 Å². The third kappa shape index (κ3) is 4.20. The number of pyridine rings is 1. The van der Waals surface area contributed by atoms with Gasteiger partial charge in [-0.25, -0.2) is 9.97 Å². The average Bonchev–Trinajstić information content (AvgIpc) is 2.69. The van der Waals surface area contributed by atoms with Crippen molar-refractivity contribution in [1.29, 1.82) is 0 Å². The topological polar surface area (TPSA) is 62.7 Å². The fourth-order valence-corrected chi connectivity index (χ4v) is 3.04. The number of nitrogens with one attached hydrogen (secondary N) is 2. The minimum absolute atomic E-state index is 0.718. The lowest BCUT2D eigenvalue weighted by Crippen LogP contribution is -2.08. The fourth-order valence-electron chi connectivity index (χ4n) is 3.04. The quantitative estimate of drug-likeness (QED) is 0.523. The second-order valence-electron chi connectivity index (χ2n) is 6.35. The first-order valence-electron chi connectivity index (χ1n) is 9.02. The standard InChI is InChI=1S/C22H21N5/c1-16-25-20(23-14-12-17-7-3-2-4-8-17)15-21(26-16)27-19-11-5-9-18-10-6-13-24-22(18)19/h2-11,13,15H,12,14H2,1H3,(H2,23,25,26,27). The molecule has 0 saturated carbocycles. The number of benzene rings is 2. The number of fused-ring (bicyclic) bond motifs is 1. The summed E-state index contributed by atoms with van der Waals surface area (Å²) in [6.45, 7) is 2.71. The summed E-state index contributed by atoms with van der Waals surface area (Å²) in [4.78, 5) is 13.5. The Hall–Kier alpha value is -3.47. The van der Waals surface area contributed by atoms with Crippen molar-refractivity contribution in [3.05, 3.63) is 84.3 Å². The largest absolute Gasteiger partial charge is 0.370 e. The highest BCUT2D eigenvalue weighted by Gasteiger charge is 2.06. The molecule has 134 valence electrons. The summed E-state index contributed by atoms with van der Waals surface area (Å²) in [5.41, 5.74) is 3.16. The lowest BCUT2D eigenvalue weighted by Gasteiger charge is -2.11. The van der Waals surface area contributed by atoms with Crippen LogP contribution in [0.1, 0.15) is 11.4 Å². The number of hydrogen-bond donors (Lipinski definition) is 2. The Kier molecular flexibility index (Phi) is 4.92. The first-order chi connectivity index (χ1) is 13.3. The number of hydrogen-bond acceptors (Lipinski definition) is 5. The molecule has 0 saturated heterocycles. The lowest BCUT2D eigenvalue weighted by atomic mass is 10.1. The van der Waals surface area contributed by atoms with E-state index in [1.165, 1.54) is 5.56 Å². The van der Waals surface area contributed by atoms with Gasteiger partial charge in [-0.05, 0) is 31.0 Å². The smallest absolute Gasteiger partial charge is 0.136 e. The van der Waals surface area contributed by atoms with Gasteiger partial charge >= 0.3 is 0 Å². The summed E-state index contributed by atoms with van der Waals surface area (Å²) < 4.78 is 0. The maximum atomic E-state index is 4.51. The normalized spacial score (nSPS) is 10.7. The monoisotopic (exact) mass is 355 g/mol. The first-order valence-corrected chi connectivity index (χ1v) is 9.02. The zero-order valence-electron chi connectivity index (χ0n) is 15.2. The molecular weight excluding hydrogens is 334 g/mol. The van der Waals surface area contributed by atoms with Crippen molar-refractivity contribution < 1.29 is 0 Å². The maximum absolute atomic E-state index is 4.51. The molecule has 2 aromatic carbocycles. The second kappa shape index (κ2) is 7.83. The molecule has 0 amide bonds. The van der Waals surface area contributed by atoms with E-state index in [0.29, 0.717) is 0 Å². The molecule has 0 bridgehead atoms. The van der Waals surface area contributed by atoms with Crippen LogP contribution >= 0.6 is 0 Å². The first kappa shape index (κ1) is 17.0. The van der Waals surface area contributed by atoms with Gasteiger partial charge < -0.3 is 10.6 Å². The predicted octanol–water partition coefficient (Wildman–Crippen LogP) is 4.73. The predicted molar refractivity (Wildman–Crippen MR) is 110 cm³/mol. The van der Waals surface area contributed by atoms with Crippen molar-refractivity contribution >= 4 is 28.2 Å². The van der Waals surface area contributed by atoms with E-state index in [9.17, 15) is 0 Å². The Labute approximate surface area is 158 Å². The van der Waals surface area contributed by atoms with Gasteiger partial charge in [-0.3, -0.25) is 4.98 Å². The SMILES string of the molecule is Cc1nc(NCCc2ccccc2)cc(Nc2cccc3cccnc23)n1. The second-order valence-corrected chi connectivity index (χ2v) is 6.35. The van der Waals surface area contributed by atoms with Crippen LogP contribution in [0.4, 0.5) is 17.3 Å². The van der Waals surface area contributed by atoms with Crippen molar-refractivity contribution in [3.8, 4) is 0 Å². The van der Waals surface area contributed by atoms with Crippen LogP contribution in [-0.2, 0) is 6.42 Å². The van der Waals surface area contributed by atoms with Crippen molar-refractivity contribution in [2.45, 2.75) is 13.3 Å². The van der Waals surface area contributed by atoms with E-state index in [2.05, 4.69) is 62.0 Å². The van der Waals surface area contributed by atoms with Crippen LogP contribution in [0.5, 0.6) is 0 Å². The van der Waals surface area contributed by atoms with Gasteiger partial charge in [0.25, 0.3) is 0 Å². The minimum Gasteiger partial charge on any atom is -0.370 e. The number of aryl methyl sites for hydroxylation is 1. The van der Waals surface area contributed by atoms with Gasteiger partial charge in [0.05, 0.1) is 11.2 Å². The highest BCUT2D eigenvalue weighted by molar-refractivity contribution is 5.91. The number of nitrogens with zero attached hydrogens (tertiary/aromatic N) is 3. The molecule has 2 heterocycles. The van der Waals surface area contributed by atoms with E-state index in [-0.39, 0.29) is 0 Å². The summed E-state index contributed by atoms with van der Waals surface area (Å²) in [7, 11) is 0. The zero-order chi connectivity index (χ0) is 18.5. The third-order valence-corrected chi connectivity index (χ3v) is 4.30. The molecule has 4 rings (SSSR count). The van der Waals surface area contributed by atoms with Crippen molar-refractivity contribution in [1.82, 2.24) is 15.0 Å². The molecule has 27 heavy (non-hydrogen) atoms. The molecule has 0 aliphatic heterocycles. The molecule has 4 aromatic rings. The minimum atomic E-state index is 0.718. The molecular formula is C22H21N5. The van der Waals surface area contributed by atoms with Crippen LogP contribution in [-0.4, -0.2) is 21.5 Å². The fraction of sp³-hybridized carbons (Fsp3) is 0.136.